The summed E-state index contributed by atoms with van der Waals surface area (Å²) < 4.78 is 0. The first-order valence-electron chi connectivity index (χ1n) is 11.3. The Kier molecular flexibility index (Phi) is 5.90. The Hall–Kier alpha value is -3.00. The lowest BCUT2D eigenvalue weighted by molar-refractivity contribution is -0.136. The number of amides is 4. The van der Waals surface area contributed by atoms with Gasteiger partial charge >= 0.3 is 0 Å². The van der Waals surface area contributed by atoms with E-state index in [1.165, 1.54) is 0 Å². The molecule has 2 fully saturated rings. The van der Waals surface area contributed by atoms with E-state index in [1.54, 1.807) is 12.1 Å². The van der Waals surface area contributed by atoms with Crippen LogP contribution >= 0.6 is 0 Å². The van der Waals surface area contributed by atoms with Crippen LogP contribution in [0.3, 0.4) is 0 Å². The molecule has 0 spiro atoms. The van der Waals surface area contributed by atoms with Gasteiger partial charge in [0.25, 0.3) is 11.8 Å². The number of carbonyl (C=O) groups excluding carboxylic acids is 4. The fraction of sp³-hybridized carbons (Fsp3) is 0.500. The zero-order valence-electron chi connectivity index (χ0n) is 18.8. The van der Waals surface area contributed by atoms with Gasteiger partial charge in [0.15, 0.2) is 0 Å². The summed E-state index contributed by atoms with van der Waals surface area (Å²) in [6.45, 7) is 13.1. The fourth-order valence-electron chi connectivity index (χ4n) is 4.91. The van der Waals surface area contributed by atoms with Crippen LogP contribution in [-0.2, 0) is 9.59 Å². The zero-order chi connectivity index (χ0) is 23.2. The summed E-state index contributed by atoms with van der Waals surface area (Å²) >= 11 is 0. The van der Waals surface area contributed by atoms with Crippen molar-refractivity contribution in [3.8, 4) is 0 Å². The molecule has 3 atom stereocenters. The van der Waals surface area contributed by atoms with Crippen molar-refractivity contribution >= 4 is 29.3 Å². The Morgan fingerprint density at radius 1 is 1.16 bits per heavy atom. The molecule has 32 heavy (non-hydrogen) atoms. The number of imide groups is 2. The van der Waals surface area contributed by atoms with E-state index in [4.69, 9.17) is 0 Å². The van der Waals surface area contributed by atoms with Crippen molar-refractivity contribution in [2.45, 2.75) is 51.7 Å². The molecule has 1 aromatic carbocycles. The largest absolute Gasteiger partial charge is 0.368 e. The molecule has 4 rings (SSSR count). The molecule has 0 aliphatic carbocycles. The molecule has 170 valence electrons. The second-order valence-electron chi connectivity index (χ2n) is 8.90. The van der Waals surface area contributed by atoms with Gasteiger partial charge in [-0.2, -0.15) is 0 Å². The quantitative estimate of drug-likeness (QED) is 0.516. The summed E-state index contributed by atoms with van der Waals surface area (Å²) in [4.78, 5) is 55.2. The Bertz CT molecular complexity index is 984. The summed E-state index contributed by atoms with van der Waals surface area (Å²) in [6.07, 6.45) is 2.26. The molecule has 1 aromatic rings. The third-order valence-corrected chi connectivity index (χ3v) is 7.14. The van der Waals surface area contributed by atoms with Crippen LogP contribution in [-0.4, -0.2) is 71.2 Å². The Morgan fingerprint density at radius 3 is 2.47 bits per heavy atom. The number of hydrogen-bond donors (Lipinski definition) is 1. The number of fused-ring (bicyclic) bond motifs is 1. The maximum absolute atomic E-state index is 13.0. The van der Waals surface area contributed by atoms with Gasteiger partial charge in [-0.3, -0.25) is 34.3 Å². The van der Waals surface area contributed by atoms with E-state index in [2.05, 4.69) is 42.5 Å². The molecule has 4 amide bonds. The van der Waals surface area contributed by atoms with Crippen LogP contribution in [0.2, 0.25) is 0 Å². The highest BCUT2D eigenvalue weighted by molar-refractivity contribution is 6.23. The van der Waals surface area contributed by atoms with Crippen molar-refractivity contribution in [3.63, 3.8) is 0 Å². The normalized spacial score (nSPS) is 23.2. The van der Waals surface area contributed by atoms with Crippen LogP contribution in [0.1, 0.15) is 54.3 Å². The molecular formula is C24H30N4O4. The Balaban J connectivity index is 1.48. The van der Waals surface area contributed by atoms with Crippen LogP contribution in [0.5, 0.6) is 0 Å². The molecule has 0 radical (unpaired) electrons. The second-order valence-corrected chi connectivity index (χ2v) is 8.90. The van der Waals surface area contributed by atoms with Crippen molar-refractivity contribution < 1.29 is 19.2 Å². The number of anilines is 1. The van der Waals surface area contributed by atoms with Gasteiger partial charge in [-0.1, -0.05) is 19.9 Å². The third-order valence-electron chi connectivity index (χ3n) is 7.14. The molecule has 0 bridgehead atoms. The number of rotatable bonds is 7. The molecule has 3 aliphatic heterocycles. The van der Waals surface area contributed by atoms with Crippen LogP contribution < -0.4 is 10.2 Å². The van der Waals surface area contributed by atoms with Crippen molar-refractivity contribution in [2.75, 3.05) is 24.5 Å². The van der Waals surface area contributed by atoms with Crippen molar-refractivity contribution in [3.05, 3.63) is 42.0 Å². The SMILES string of the molecule is C=CC(C)[C@H](C)N(CC)C1CN(c2ccc3c(c2)C(=O)N(C2CCC(=O)NC2=O)C3=O)C1. The van der Waals surface area contributed by atoms with Gasteiger partial charge in [-0.25, -0.2) is 0 Å². The van der Waals surface area contributed by atoms with E-state index in [0.717, 1.165) is 30.2 Å². The molecule has 0 saturated carbocycles. The maximum Gasteiger partial charge on any atom is 0.262 e. The van der Waals surface area contributed by atoms with E-state index >= 15 is 0 Å². The summed E-state index contributed by atoms with van der Waals surface area (Å²) in [5, 5.41) is 2.22. The number of benzene rings is 1. The molecule has 8 nitrogen and oxygen atoms in total. The fourth-order valence-corrected chi connectivity index (χ4v) is 4.91. The highest BCUT2D eigenvalue weighted by Crippen LogP contribution is 2.33. The second kappa shape index (κ2) is 8.50. The van der Waals surface area contributed by atoms with Gasteiger partial charge in [-0.05, 0) is 44.0 Å². The van der Waals surface area contributed by atoms with Gasteiger partial charge < -0.3 is 4.90 Å². The minimum atomic E-state index is -0.941. The van der Waals surface area contributed by atoms with Crippen LogP contribution in [0, 0.1) is 5.92 Å². The van der Waals surface area contributed by atoms with Gasteiger partial charge in [0.05, 0.1) is 11.1 Å². The van der Waals surface area contributed by atoms with E-state index in [-0.39, 0.29) is 18.7 Å². The topological polar surface area (TPSA) is 90.0 Å². The molecule has 2 saturated heterocycles. The van der Waals surface area contributed by atoms with E-state index in [9.17, 15) is 19.2 Å². The lowest BCUT2D eigenvalue weighted by Gasteiger charge is -2.49. The number of nitrogens with one attached hydrogen (secondary N) is 1. The van der Waals surface area contributed by atoms with Crippen molar-refractivity contribution in [1.82, 2.24) is 15.1 Å². The predicted octanol–water partition coefficient (Wildman–Crippen LogP) is 1.81. The number of hydrogen-bond acceptors (Lipinski definition) is 6. The van der Waals surface area contributed by atoms with Crippen molar-refractivity contribution in [2.24, 2.45) is 5.92 Å². The average molecular weight is 439 g/mol. The minimum Gasteiger partial charge on any atom is -0.368 e. The summed E-state index contributed by atoms with van der Waals surface area (Å²) in [7, 11) is 0. The highest BCUT2D eigenvalue weighted by Gasteiger charge is 2.45. The summed E-state index contributed by atoms with van der Waals surface area (Å²) in [6, 6.07) is 5.16. The smallest absolute Gasteiger partial charge is 0.262 e. The maximum atomic E-state index is 13.0. The molecule has 3 heterocycles. The monoisotopic (exact) mass is 438 g/mol. The van der Waals surface area contributed by atoms with Crippen LogP contribution in [0.15, 0.2) is 30.9 Å². The van der Waals surface area contributed by atoms with Crippen molar-refractivity contribution in [1.29, 1.82) is 0 Å². The summed E-state index contributed by atoms with van der Waals surface area (Å²) in [5.74, 6) is -1.52. The van der Waals surface area contributed by atoms with Gasteiger partial charge in [0.2, 0.25) is 11.8 Å². The lowest BCUT2D eigenvalue weighted by Crippen LogP contribution is -2.62. The molecule has 8 heteroatoms. The first kappa shape index (κ1) is 22.2. The van der Waals surface area contributed by atoms with E-state index < -0.39 is 23.8 Å². The standard InChI is InChI=1S/C24H30N4O4/c1-5-14(3)15(4)27(6-2)17-12-26(13-17)16-7-8-18-19(11-16)24(32)28(23(18)31)20-9-10-21(29)25-22(20)30/h5,7-8,11,14-15,17,20H,1,6,9-10,12-13H2,2-4H3,(H,25,29,30)/t14?,15-,20?/m0/s1. The molecular weight excluding hydrogens is 408 g/mol. The van der Waals surface area contributed by atoms with Gasteiger partial charge in [0, 0.05) is 37.3 Å². The van der Waals surface area contributed by atoms with Gasteiger partial charge in [0.1, 0.15) is 6.04 Å². The van der Waals surface area contributed by atoms with E-state index in [0.29, 0.717) is 29.1 Å². The molecule has 1 N–H and O–H groups in total. The Morgan fingerprint density at radius 2 is 1.84 bits per heavy atom. The zero-order valence-corrected chi connectivity index (χ0v) is 18.8. The predicted molar refractivity (Wildman–Crippen MR) is 120 cm³/mol. The average Bonchev–Trinajstić information content (AvgIpc) is 2.99. The number of nitrogens with zero attached hydrogens (tertiary/aromatic N) is 3. The van der Waals surface area contributed by atoms with Crippen LogP contribution in [0.25, 0.3) is 0 Å². The molecule has 3 aliphatic rings. The number of carbonyl (C=O) groups is 4. The van der Waals surface area contributed by atoms with E-state index in [1.807, 2.05) is 12.1 Å². The lowest BCUT2D eigenvalue weighted by atomic mass is 9.96. The minimum absolute atomic E-state index is 0.112. The first-order chi connectivity index (χ1) is 15.3. The number of piperidine rings is 1. The Labute approximate surface area is 188 Å². The summed E-state index contributed by atoms with van der Waals surface area (Å²) in [5.41, 5.74) is 1.53. The molecule has 0 aromatic heterocycles. The van der Waals surface area contributed by atoms with Gasteiger partial charge in [-0.15, -0.1) is 6.58 Å². The number of likely N-dealkylation sites (N-methyl/N-ethyl adjacent to an activating group) is 1. The highest BCUT2D eigenvalue weighted by atomic mass is 16.2. The first-order valence-corrected chi connectivity index (χ1v) is 11.3. The molecule has 2 unspecified atom stereocenters. The van der Waals surface area contributed by atoms with Crippen LogP contribution in [0.4, 0.5) is 5.69 Å². The third kappa shape index (κ3) is 3.62.